The number of carbonyl (C=O) groups is 2. The van der Waals surface area contributed by atoms with Gasteiger partial charge in [-0.2, -0.15) is 0 Å². The van der Waals surface area contributed by atoms with Crippen LogP contribution in [0, 0.1) is 0 Å². The second-order valence-electron chi connectivity index (χ2n) is 4.52. The second kappa shape index (κ2) is 7.42. The number of carboxylic acid groups (broad SMARTS) is 1. The number of carboxylic acids is 1. The molecule has 0 aliphatic heterocycles. The molecule has 1 aromatic carbocycles. The number of benzene rings is 1. The highest BCUT2D eigenvalue weighted by Crippen LogP contribution is 2.22. The van der Waals surface area contributed by atoms with E-state index in [4.69, 9.17) is 16.7 Å². The molecule has 116 valence electrons. The Morgan fingerprint density at radius 1 is 1.29 bits per heavy atom. The van der Waals surface area contributed by atoms with Crippen molar-refractivity contribution in [3.8, 4) is 0 Å². The minimum atomic E-state index is -3.51. The van der Waals surface area contributed by atoms with Crippen molar-refractivity contribution in [1.29, 1.82) is 0 Å². The van der Waals surface area contributed by atoms with Gasteiger partial charge in [-0.3, -0.25) is 9.59 Å². The number of nitrogens with one attached hydrogen (secondary N) is 1. The fraction of sp³-hybridized carbons (Fsp3) is 0.385. The lowest BCUT2D eigenvalue weighted by atomic mass is 10.2. The largest absolute Gasteiger partial charge is 0.481 e. The molecule has 0 aromatic heterocycles. The Morgan fingerprint density at radius 2 is 1.95 bits per heavy atom. The highest BCUT2D eigenvalue weighted by atomic mass is 35.5. The highest BCUT2D eigenvalue weighted by molar-refractivity contribution is 7.90. The van der Waals surface area contributed by atoms with Crippen LogP contribution in [0.1, 0.15) is 29.6 Å². The first kappa shape index (κ1) is 17.5. The third kappa shape index (κ3) is 5.73. The Bertz CT molecular complexity index is 642. The van der Waals surface area contributed by atoms with Gasteiger partial charge in [0.1, 0.15) is 0 Å². The molecule has 0 saturated heterocycles. The molecule has 1 aromatic rings. The predicted octanol–water partition coefficient (Wildman–Crippen LogP) is 1.73. The zero-order valence-electron chi connectivity index (χ0n) is 11.4. The van der Waals surface area contributed by atoms with E-state index < -0.39 is 21.7 Å². The molecule has 0 aliphatic carbocycles. The number of hydrogen-bond acceptors (Lipinski definition) is 4. The summed E-state index contributed by atoms with van der Waals surface area (Å²) >= 11 is 5.79. The summed E-state index contributed by atoms with van der Waals surface area (Å²) < 4.78 is 23.0. The molecule has 0 spiro atoms. The Morgan fingerprint density at radius 3 is 2.52 bits per heavy atom. The standard InChI is InChI=1S/C13H16ClNO5S/c1-21(19,20)11-8-9(5-6-10(11)14)13(18)15-7-3-2-4-12(16)17/h5-6,8H,2-4,7H2,1H3,(H,15,18)(H,16,17). The van der Waals surface area contributed by atoms with Crippen molar-refractivity contribution in [2.75, 3.05) is 12.8 Å². The van der Waals surface area contributed by atoms with Crippen molar-refractivity contribution < 1.29 is 23.1 Å². The van der Waals surface area contributed by atoms with Crippen molar-refractivity contribution in [2.45, 2.75) is 24.2 Å². The lowest BCUT2D eigenvalue weighted by Gasteiger charge is -2.07. The maximum atomic E-state index is 11.9. The van der Waals surface area contributed by atoms with Gasteiger partial charge in [0.15, 0.2) is 9.84 Å². The third-order valence-corrected chi connectivity index (χ3v) is 4.27. The van der Waals surface area contributed by atoms with Crippen LogP contribution in [0.25, 0.3) is 0 Å². The number of aliphatic carboxylic acids is 1. The number of hydrogen-bond donors (Lipinski definition) is 2. The molecule has 0 fully saturated rings. The predicted molar refractivity (Wildman–Crippen MR) is 78.4 cm³/mol. The zero-order valence-corrected chi connectivity index (χ0v) is 13.0. The van der Waals surface area contributed by atoms with Crippen LogP contribution in [-0.4, -0.2) is 38.2 Å². The molecule has 1 rings (SSSR count). The molecule has 8 heteroatoms. The molecule has 0 radical (unpaired) electrons. The summed E-state index contributed by atoms with van der Waals surface area (Å²) in [7, 11) is -3.51. The number of unbranched alkanes of at least 4 members (excludes halogenated alkanes) is 1. The summed E-state index contributed by atoms with van der Waals surface area (Å²) in [5, 5.41) is 11.1. The number of sulfone groups is 1. The van der Waals surface area contributed by atoms with Crippen molar-refractivity contribution in [3.05, 3.63) is 28.8 Å². The summed E-state index contributed by atoms with van der Waals surface area (Å²) in [6.45, 7) is 0.322. The summed E-state index contributed by atoms with van der Waals surface area (Å²) in [5.41, 5.74) is 0.193. The molecule has 0 saturated carbocycles. The van der Waals surface area contributed by atoms with E-state index in [1.807, 2.05) is 0 Å². The smallest absolute Gasteiger partial charge is 0.303 e. The Hall–Kier alpha value is -1.60. The van der Waals surface area contributed by atoms with E-state index in [2.05, 4.69) is 5.32 Å². The minimum absolute atomic E-state index is 0.0506. The molecule has 0 bridgehead atoms. The van der Waals surface area contributed by atoms with Crippen molar-refractivity contribution in [1.82, 2.24) is 5.32 Å². The molecule has 0 unspecified atom stereocenters. The lowest BCUT2D eigenvalue weighted by Crippen LogP contribution is -2.24. The van der Waals surface area contributed by atoms with E-state index in [1.165, 1.54) is 18.2 Å². The van der Waals surface area contributed by atoms with Gasteiger partial charge in [0.25, 0.3) is 5.91 Å². The first-order valence-electron chi connectivity index (χ1n) is 6.21. The van der Waals surface area contributed by atoms with Gasteiger partial charge in [0, 0.05) is 24.8 Å². The quantitative estimate of drug-likeness (QED) is 0.740. The molecule has 6 nitrogen and oxygen atoms in total. The number of rotatable bonds is 7. The van der Waals surface area contributed by atoms with Gasteiger partial charge in [-0.25, -0.2) is 8.42 Å². The van der Waals surface area contributed by atoms with Gasteiger partial charge in [-0.05, 0) is 31.0 Å². The number of amides is 1. The van der Waals surface area contributed by atoms with Gasteiger partial charge in [0.2, 0.25) is 0 Å². The van der Waals surface area contributed by atoms with Crippen LogP contribution in [0.4, 0.5) is 0 Å². The van der Waals surface area contributed by atoms with Crippen molar-refractivity contribution in [3.63, 3.8) is 0 Å². The average Bonchev–Trinajstić information content (AvgIpc) is 2.36. The molecular weight excluding hydrogens is 318 g/mol. The van der Waals surface area contributed by atoms with Crippen LogP contribution in [0.15, 0.2) is 23.1 Å². The van der Waals surface area contributed by atoms with Crippen LogP contribution < -0.4 is 5.32 Å². The van der Waals surface area contributed by atoms with Crippen molar-refractivity contribution in [2.24, 2.45) is 0 Å². The molecule has 0 atom stereocenters. The van der Waals surface area contributed by atoms with Gasteiger partial charge in [0.05, 0.1) is 9.92 Å². The molecule has 1 amide bonds. The van der Waals surface area contributed by atoms with Gasteiger partial charge in [-0.1, -0.05) is 11.6 Å². The van der Waals surface area contributed by atoms with Gasteiger partial charge < -0.3 is 10.4 Å². The molecular formula is C13H16ClNO5S. The Labute approximate surface area is 128 Å². The van der Waals surface area contributed by atoms with E-state index in [-0.39, 0.29) is 21.9 Å². The third-order valence-electron chi connectivity index (χ3n) is 2.70. The highest BCUT2D eigenvalue weighted by Gasteiger charge is 2.15. The van der Waals surface area contributed by atoms with Crippen LogP contribution in [0.2, 0.25) is 5.02 Å². The molecule has 21 heavy (non-hydrogen) atoms. The maximum absolute atomic E-state index is 11.9. The topological polar surface area (TPSA) is 101 Å². The van der Waals surface area contributed by atoms with Crippen LogP contribution >= 0.6 is 11.6 Å². The first-order chi connectivity index (χ1) is 9.71. The molecule has 0 heterocycles. The average molecular weight is 334 g/mol. The maximum Gasteiger partial charge on any atom is 0.303 e. The van der Waals surface area contributed by atoms with Gasteiger partial charge >= 0.3 is 5.97 Å². The minimum Gasteiger partial charge on any atom is -0.481 e. The number of halogens is 1. The SMILES string of the molecule is CS(=O)(=O)c1cc(C(=O)NCCCCC(=O)O)ccc1Cl. The normalized spacial score (nSPS) is 11.1. The second-order valence-corrected chi connectivity index (χ2v) is 6.92. The zero-order chi connectivity index (χ0) is 16.0. The molecule has 2 N–H and O–H groups in total. The lowest BCUT2D eigenvalue weighted by molar-refractivity contribution is -0.137. The summed E-state index contributed by atoms with van der Waals surface area (Å²) in [6.07, 6.45) is 2.06. The van der Waals surface area contributed by atoms with Crippen molar-refractivity contribution >= 4 is 33.3 Å². The Kier molecular flexibility index (Phi) is 6.17. The number of carbonyl (C=O) groups excluding carboxylic acids is 1. The summed E-state index contributed by atoms with van der Waals surface area (Å²) in [5.74, 6) is -1.30. The van der Waals surface area contributed by atoms with E-state index >= 15 is 0 Å². The van der Waals surface area contributed by atoms with E-state index in [9.17, 15) is 18.0 Å². The summed E-state index contributed by atoms with van der Waals surface area (Å²) in [4.78, 5) is 22.1. The van der Waals surface area contributed by atoms with E-state index in [0.717, 1.165) is 6.26 Å². The summed E-state index contributed by atoms with van der Waals surface area (Å²) in [6, 6.07) is 4.02. The first-order valence-corrected chi connectivity index (χ1v) is 8.48. The fourth-order valence-electron chi connectivity index (χ4n) is 1.63. The fourth-order valence-corrected chi connectivity index (χ4v) is 2.94. The monoisotopic (exact) mass is 333 g/mol. The molecule has 0 aliphatic rings. The van der Waals surface area contributed by atoms with E-state index in [0.29, 0.717) is 19.4 Å². The Balaban J connectivity index is 2.65. The van der Waals surface area contributed by atoms with Crippen LogP contribution in [0.5, 0.6) is 0 Å². The van der Waals surface area contributed by atoms with Gasteiger partial charge in [-0.15, -0.1) is 0 Å². The van der Waals surface area contributed by atoms with E-state index in [1.54, 1.807) is 0 Å². The van der Waals surface area contributed by atoms with Crippen LogP contribution in [-0.2, 0) is 14.6 Å². The van der Waals surface area contributed by atoms with Crippen LogP contribution in [0.3, 0.4) is 0 Å².